The van der Waals surface area contributed by atoms with Gasteiger partial charge in [-0.05, 0) is 72.7 Å². The molecule has 2 aliphatic rings. The number of alkyl halides is 3. The molecule has 1 unspecified atom stereocenters. The zero-order valence-electron chi connectivity index (χ0n) is 26.3. The van der Waals surface area contributed by atoms with Crippen LogP contribution in [0.25, 0.3) is 5.65 Å². The van der Waals surface area contributed by atoms with Gasteiger partial charge in [0.2, 0.25) is 21.7 Å². The molecule has 0 amide bonds. The van der Waals surface area contributed by atoms with Gasteiger partial charge in [0, 0.05) is 30.8 Å². The Hall–Kier alpha value is -4.08. The summed E-state index contributed by atoms with van der Waals surface area (Å²) < 4.78 is 83.3. The first-order valence-corrected chi connectivity index (χ1v) is 16.5. The van der Waals surface area contributed by atoms with Crippen molar-refractivity contribution in [3.8, 4) is 5.88 Å². The number of carbonyl (C=O) groups is 1. The Labute approximate surface area is 269 Å². The highest BCUT2D eigenvalue weighted by Gasteiger charge is 2.47. The van der Waals surface area contributed by atoms with Crippen LogP contribution in [0.2, 0.25) is 0 Å². The third kappa shape index (κ3) is 5.63. The van der Waals surface area contributed by atoms with E-state index in [0.717, 1.165) is 9.96 Å². The van der Waals surface area contributed by atoms with E-state index in [1.165, 1.54) is 22.6 Å². The molecule has 1 aromatic carbocycles. The van der Waals surface area contributed by atoms with Crippen LogP contribution in [0.4, 0.5) is 13.2 Å². The number of benzene rings is 1. The van der Waals surface area contributed by atoms with Crippen LogP contribution in [-0.4, -0.2) is 68.7 Å². The highest BCUT2D eigenvalue weighted by molar-refractivity contribution is 7.89. The molecule has 0 radical (unpaired) electrons. The number of aryl methyl sites for hydroxylation is 3. The number of aliphatic carboxylic acids is 1. The highest BCUT2D eigenvalue weighted by atomic mass is 32.2. The molecule has 15 heteroatoms. The van der Waals surface area contributed by atoms with Gasteiger partial charge in [-0.15, -0.1) is 10.2 Å². The van der Waals surface area contributed by atoms with E-state index < -0.39 is 39.0 Å². The minimum absolute atomic E-state index is 0.00660. The van der Waals surface area contributed by atoms with Crippen LogP contribution in [0.5, 0.6) is 5.88 Å². The van der Waals surface area contributed by atoms with Crippen molar-refractivity contribution in [1.29, 1.82) is 0 Å². The molecule has 1 fully saturated rings. The largest absolute Gasteiger partial charge is 0.481 e. The second kappa shape index (κ2) is 11.6. The molecule has 1 saturated heterocycles. The number of carboxylic acid groups (broad SMARTS) is 1. The minimum Gasteiger partial charge on any atom is -0.481 e. The molecule has 2 atom stereocenters. The lowest BCUT2D eigenvalue weighted by atomic mass is 9.68. The summed E-state index contributed by atoms with van der Waals surface area (Å²) in [7, 11) is -4.10. The Balaban J connectivity index is 1.47. The number of hydrogen-bond donors (Lipinski definition) is 1. The van der Waals surface area contributed by atoms with Gasteiger partial charge in [-0.25, -0.2) is 13.4 Å². The number of hydrogen-bond acceptors (Lipinski definition) is 8. The van der Waals surface area contributed by atoms with E-state index in [0.29, 0.717) is 40.8 Å². The highest BCUT2D eigenvalue weighted by Crippen LogP contribution is 2.43. The molecule has 2 aliphatic heterocycles. The Morgan fingerprint density at radius 3 is 2.55 bits per heavy atom. The van der Waals surface area contributed by atoms with Gasteiger partial charge in [0.15, 0.2) is 5.65 Å². The fourth-order valence-corrected chi connectivity index (χ4v) is 8.41. The van der Waals surface area contributed by atoms with Crippen LogP contribution in [0.3, 0.4) is 0 Å². The molecule has 1 N–H and O–H groups in total. The average molecular weight is 674 g/mol. The molecule has 0 aliphatic carbocycles. The maximum absolute atomic E-state index is 14.2. The fraction of sp³-hybridized carbons (Fsp3) is 0.438. The molecule has 3 aromatic heterocycles. The lowest BCUT2D eigenvalue weighted by molar-refractivity contribution is -0.145. The monoisotopic (exact) mass is 673 g/mol. The zero-order chi connectivity index (χ0) is 33.9. The molecular weight excluding hydrogens is 639 g/mol. The van der Waals surface area contributed by atoms with Gasteiger partial charge in [0.05, 0.1) is 26.2 Å². The molecule has 5 heterocycles. The standard InChI is InChI=1S/C32H34F3N5O6S/c1-5-31(14-26(41)42,24-8-10-40-27(21(24)4)37-38-29(40)32(33,34)35)23-7-6-20(3)22(13-23)16-39-17-30(9-11-45-18-30)46-28-25(47(39,43)44)12-19(2)15-36-28/h6-8,10,12-13,15H,5,9,11,14,16-18H2,1-4H3,(H,41,42)/t30-,31?/m1/s1. The van der Waals surface area contributed by atoms with Crippen LogP contribution in [0.15, 0.2) is 47.6 Å². The van der Waals surface area contributed by atoms with Crippen LogP contribution in [-0.2, 0) is 37.7 Å². The zero-order valence-corrected chi connectivity index (χ0v) is 27.1. The second-order valence-corrected chi connectivity index (χ2v) is 14.3. The number of fused-ring (bicyclic) bond motifs is 2. The Bertz CT molecular complexity index is 1990. The lowest BCUT2D eigenvalue weighted by Gasteiger charge is -2.35. The number of sulfonamides is 1. The van der Waals surface area contributed by atoms with Crippen molar-refractivity contribution in [2.75, 3.05) is 19.8 Å². The van der Waals surface area contributed by atoms with E-state index in [9.17, 15) is 31.5 Å². The maximum Gasteiger partial charge on any atom is 0.452 e. The van der Waals surface area contributed by atoms with Crippen molar-refractivity contribution >= 4 is 21.6 Å². The number of halogens is 3. The summed E-state index contributed by atoms with van der Waals surface area (Å²) in [5, 5.41) is 17.3. The van der Waals surface area contributed by atoms with Crippen molar-refractivity contribution in [2.45, 2.75) is 75.6 Å². The van der Waals surface area contributed by atoms with Crippen molar-refractivity contribution in [3.63, 3.8) is 0 Å². The predicted octanol–water partition coefficient (Wildman–Crippen LogP) is 4.98. The van der Waals surface area contributed by atoms with Gasteiger partial charge in [-0.1, -0.05) is 25.1 Å². The van der Waals surface area contributed by atoms with Gasteiger partial charge in [0.1, 0.15) is 10.5 Å². The summed E-state index contributed by atoms with van der Waals surface area (Å²) in [5.74, 6) is -2.27. The molecule has 0 saturated carbocycles. The van der Waals surface area contributed by atoms with Crippen LogP contribution < -0.4 is 4.74 Å². The van der Waals surface area contributed by atoms with Crippen LogP contribution in [0.1, 0.15) is 65.4 Å². The number of aromatic nitrogens is 4. The number of nitrogens with zero attached hydrogens (tertiary/aromatic N) is 5. The summed E-state index contributed by atoms with van der Waals surface area (Å²) in [6.07, 6.45) is -1.62. The first-order valence-electron chi connectivity index (χ1n) is 15.1. The number of carboxylic acids is 1. The first kappa shape index (κ1) is 32.8. The molecule has 47 heavy (non-hydrogen) atoms. The number of pyridine rings is 2. The number of rotatable bonds is 7. The van der Waals surface area contributed by atoms with Crippen molar-refractivity contribution in [2.24, 2.45) is 0 Å². The smallest absolute Gasteiger partial charge is 0.452 e. The van der Waals surface area contributed by atoms with E-state index in [1.54, 1.807) is 38.2 Å². The predicted molar refractivity (Wildman–Crippen MR) is 163 cm³/mol. The SMILES string of the molecule is CCC(CC(=O)O)(c1ccc(C)c(CN2C[C@@]3(CCOC3)Oc3ncc(C)cc3S2(=O)=O)c1)c1ccn2c(C(F)(F)F)nnc2c1C. The lowest BCUT2D eigenvalue weighted by Crippen LogP contribution is -2.47. The third-order valence-electron chi connectivity index (χ3n) is 9.32. The molecule has 6 rings (SSSR count). The van der Waals surface area contributed by atoms with E-state index in [1.807, 2.05) is 13.8 Å². The molecule has 1 spiro atoms. The van der Waals surface area contributed by atoms with Gasteiger partial charge in [0.25, 0.3) is 0 Å². The fourth-order valence-electron chi connectivity index (χ4n) is 6.76. The van der Waals surface area contributed by atoms with Gasteiger partial charge >= 0.3 is 12.1 Å². The van der Waals surface area contributed by atoms with E-state index >= 15 is 0 Å². The Morgan fingerprint density at radius 1 is 1.13 bits per heavy atom. The van der Waals surface area contributed by atoms with E-state index in [4.69, 9.17) is 9.47 Å². The summed E-state index contributed by atoms with van der Waals surface area (Å²) in [4.78, 5) is 16.7. The molecule has 4 aromatic rings. The topological polar surface area (TPSA) is 136 Å². The van der Waals surface area contributed by atoms with E-state index in [-0.39, 0.29) is 49.0 Å². The quantitative estimate of drug-likeness (QED) is 0.288. The van der Waals surface area contributed by atoms with Crippen molar-refractivity contribution in [1.82, 2.24) is 23.9 Å². The Morgan fingerprint density at radius 2 is 1.89 bits per heavy atom. The molecule has 11 nitrogen and oxygen atoms in total. The van der Waals surface area contributed by atoms with Crippen LogP contribution >= 0.6 is 0 Å². The van der Waals surface area contributed by atoms with Crippen LogP contribution in [0, 0.1) is 20.8 Å². The molecular formula is C32H34F3N5O6S. The summed E-state index contributed by atoms with van der Waals surface area (Å²) in [5.41, 5.74) is 1.30. The summed E-state index contributed by atoms with van der Waals surface area (Å²) >= 11 is 0. The van der Waals surface area contributed by atoms with Gasteiger partial charge in [-0.2, -0.15) is 17.5 Å². The first-order chi connectivity index (χ1) is 22.1. The van der Waals surface area contributed by atoms with Crippen molar-refractivity contribution in [3.05, 3.63) is 81.9 Å². The maximum atomic E-state index is 14.2. The average Bonchev–Trinajstić information content (AvgIpc) is 3.64. The summed E-state index contributed by atoms with van der Waals surface area (Å²) in [6.45, 7) is 7.53. The molecule has 250 valence electrons. The molecule has 0 bridgehead atoms. The third-order valence-corrected chi connectivity index (χ3v) is 11.1. The van der Waals surface area contributed by atoms with Crippen molar-refractivity contribution < 1.29 is 41.0 Å². The normalized spacial score (nSPS) is 20.9. The second-order valence-electron chi connectivity index (χ2n) is 12.4. The number of ether oxygens (including phenoxy) is 2. The van der Waals surface area contributed by atoms with E-state index in [2.05, 4.69) is 15.2 Å². The summed E-state index contributed by atoms with van der Waals surface area (Å²) in [6, 6.07) is 8.41. The minimum atomic E-state index is -4.74. The van der Waals surface area contributed by atoms with Gasteiger partial charge in [-0.3, -0.25) is 9.20 Å². The Kier molecular flexibility index (Phi) is 8.08. The van der Waals surface area contributed by atoms with Gasteiger partial charge < -0.3 is 14.6 Å².